The van der Waals surface area contributed by atoms with Crippen LogP contribution in [0.25, 0.3) is 5.69 Å². The number of nitrogens with one attached hydrogen (secondary N) is 1. The molecule has 2 aromatic carbocycles. The molecule has 0 aliphatic rings. The maximum Gasteiger partial charge on any atom is 0.357 e. The lowest BCUT2D eigenvalue weighted by Crippen LogP contribution is -2.22. The number of nitrogens with zero attached hydrogens (tertiary/aromatic N) is 2. The SMILES string of the molecule is CSc1ncc(C(=O)OCC(=O)Nc2cccc(F)c2)n1-c1ccc(F)cc1. The van der Waals surface area contributed by atoms with Gasteiger partial charge in [0.05, 0.1) is 6.20 Å². The second-order valence-corrected chi connectivity index (χ2v) is 6.35. The summed E-state index contributed by atoms with van der Waals surface area (Å²) in [5.74, 6) is -2.29. The number of hydrogen-bond acceptors (Lipinski definition) is 5. The Hall–Kier alpha value is -3.20. The van der Waals surface area contributed by atoms with Gasteiger partial charge in [-0.2, -0.15) is 0 Å². The van der Waals surface area contributed by atoms with E-state index in [2.05, 4.69) is 10.3 Å². The van der Waals surface area contributed by atoms with Crippen LogP contribution in [-0.2, 0) is 9.53 Å². The number of anilines is 1. The average Bonchev–Trinajstić information content (AvgIpc) is 3.11. The van der Waals surface area contributed by atoms with E-state index >= 15 is 0 Å². The highest BCUT2D eigenvalue weighted by Gasteiger charge is 2.20. The van der Waals surface area contributed by atoms with Crippen LogP contribution in [0.15, 0.2) is 59.9 Å². The number of ether oxygens (including phenoxy) is 1. The van der Waals surface area contributed by atoms with Crippen LogP contribution in [0.3, 0.4) is 0 Å². The van der Waals surface area contributed by atoms with E-state index in [0.29, 0.717) is 10.8 Å². The number of carbonyl (C=O) groups is 2. The lowest BCUT2D eigenvalue weighted by atomic mass is 10.3. The zero-order valence-corrected chi connectivity index (χ0v) is 15.5. The fourth-order valence-electron chi connectivity index (χ4n) is 2.43. The Balaban J connectivity index is 1.71. The summed E-state index contributed by atoms with van der Waals surface area (Å²) < 4.78 is 32.9. The molecule has 0 spiro atoms. The molecule has 1 amide bonds. The van der Waals surface area contributed by atoms with Crippen molar-refractivity contribution >= 4 is 29.3 Å². The van der Waals surface area contributed by atoms with Gasteiger partial charge in [0, 0.05) is 11.4 Å². The van der Waals surface area contributed by atoms with Crippen molar-refractivity contribution in [3.63, 3.8) is 0 Å². The molecule has 0 aliphatic carbocycles. The second-order valence-electron chi connectivity index (χ2n) is 5.58. The fourth-order valence-corrected chi connectivity index (χ4v) is 2.98. The van der Waals surface area contributed by atoms with Gasteiger partial charge in [0.2, 0.25) is 0 Å². The van der Waals surface area contributed by atoms with Crippen LogP contribution in [0.5, 0.6) is 0 Å². The van der Waals surface area contributed by atoms with Gasteiger partial charge in [-0.25, -0.2) is 18.6 Å². The molecule has 1 aromatic heterocycles. The minimum Gasteiger partial charge on any atom is -0.451 e. The first-order valence-corrected chi connectivity index (χ1v) is 9.30. The fraction of sp³-hybridized carbons (Fsp3) is 0.105. The second kappa shape index (κ2) is 8.66. The Kier molecular flexibility index (Phi) is 6.05. The Morgan fingerprint density at radius 1 is 1.14 bits per heavy atom. The molecule has 3 rings (SSSR count). The summed E-state index contributed by atoms with van der Waals surface area (Å²) in [6.45, 7) is -0.557. The third kappa shape index (κ3) is 4.55. The van der Waals surface area contributed by atoms with Crippen molar-refractivity contribution in [2.45, 2.75) is 5.16 Å². The Labute approximate surface area is 163 Å². The van der Waals surface area contributed by atoms with Crippen LogP contribution >= 0.6 is 11.8 Å². The van der Waals surface area contributed by atoms with Crippen molar-refractivity contribution in [2.24, 2.45) is 0 Å². The van der Waals surface area contributed by atoms with Gasteiger partial charge in [-0.05, 0) is 48.7 Å². The number of imidazole rings is 1. The quantitative estimate of drug-likeness (QED) is 0.502. The van der Waals surface area contributed by atoms with E-state index in [1.54, 1.807) is 6.26 Å². The summed E-state index contributed by atoms with van der Waals surface area (Å²) in [5, 5.41) is 2.94. The molecular weight excluding hydrogens is 388 g/mol. The van der Waals surface area contributed by atoms with E-state index in [-0.39, 0.29) is 11.4 Å². The molecule has 0 fully saturated rings. The molecule has 0 unspecified atom stereocenters. The first-order valence-electron chi connectivity index (χ1n) is 8.08. The topological polar surface area (TPSA) is 73.2 Å². The van der Waals surface area contributed by atoms with E-state index in [4.69, 9.17) is 4.74 Å². The van der Waals surface area contributed by atoms with E-state index in [9.17, 15) is 18.4 Å². The molecule has 0 atom stereocenters. The monoisotopic (exact) mass is 403 g/mol. The van der Waals surface area contributed by atoms with E-state index < -0.39 is 30.1 Å². The number of carbonyl (C=O) groups excluding carboxylic acids is 2. The van der Waals surface area contributed by atoms with Gasteiger partial charge in [-0.3, -0.25) is 9.36 Å². The molecule has 0 saturated heterocycles. The number of benzene rings is 2. The first-order chi connectivity index (χ1) is 13.5. The summed E-state index contributed by atoms with van der Waals surface area (Å²) in [5.41, 5.74) is 0.871. The normalized spacial score (nSPS) is 10.5. The van der Waals surface area contributed by atoms with Crippen molar-refractivity contribution in [3.05, 3.63) is 72.1 Å². The third-order valence-electron chi connectivity index (χ3n) is 3.65. The Morgan fingerprint density at radius 3 is 2.57 bits per heavy atom. The van der Waals surface area contributed by atoms with Gasteiger partial charge in [0.1, 0.15) is 11.6 Å². The molecular formula is C19H15F2N3O3S. The highest BCUT2D eigenvalue weighted by atomic mass is 32.2. The van der Waals surface area contributed by atoms with Crippen LogP contribution in [0.4, 0.5) is 14.5 Å². The van der Waals surface area contributed by atoms with Crippen molar-refractivity contribution in [1.82, 2.24) is 9.55 Å². The number of rotatable bonds is 6. The van der Waals surface area contributed by atoms with Crippen LogP contribution in [-0.4, -0.2) is 34.3 Å². The Bertz CT molecular complexity index is 1010. The van der Waals surface area contributed by atoms with E-state index in [1.807, 2.05) is 0 Å². The maximum atomic E-state index is 13.2. The van der Waals surface area contributed by atoms with E-state index in [1.165, 1.54) is 65.0 Å². The largest absolute Gasteiger partial charge is 0.451 e. The van der Waals surface area contributed by atoms with Crippen LogP contribution in [0, 0.1) is 11.6 Å². The molecule has 6 nitrogen and oxygen atoms in total. The van der Waals surface area contributed by atoms with Gasteiger partial charge in [-0.15, -0.1) is 0 Å². The lowest BCUT2D eigenvalue weighted by molar-refractivity contribution is -0.119. The van der Waals surface area contributed by atoms with Crippen LogP contribution < -0.4 is 5.32 Å². The van der Waals surface area contributed by atoms with Crippen molar-refractivity contribution in [3.8, 4) is 5.69 Å². The standard InChI is InChI=1S/C19H15F2N3O3S/c1-28-19-22-10-16(24(19)15-7-5-12(20)6-8-15)18(26)27-11-17(25)23-14-4-2-3-13(21)9-14/h2-10H,11H2,1H3,(H,23,25). The first kappa shape index (κ1) is 19.6. The summed E-state index contributed by atoms with van der Waals surface area (Å²) in [4.78, 5) is 28.5. The predicted molar refractivity (Wildman–Crippen MR) is 101 cm³/mol. The minimum atomic E-state index is -0.772. The predicted octanol–water partition coefficient (Wildman–Crippen LogP) is 3.67. The molecule has 1 heterocycles. The number of hydrogen-bond donors (Lipinski definition) is 1. The zero-order valence-electron chi connectivity index (χ0n) is 14.7. The third-order valence-corrected chi connectivity index (χ3v) is 4.30. The molecule has 1 N–H and O–H groups in total. The molecule has 0 aliphatic heterocycles. The number of esters is 1. The summed E-state index contributed by atoms with van der Waals surface area (Å²) in [6, 6.07) is 10.9. The zero-order chi connectivity index (χ0) is 20.1. The number of aromatic nitrogens is 2. The summed E-state index contributed by atoms with van der Waals surface area (Å²) in [7, 11) is 0. The Morgan fingerprint density at radius 2 is 1.89 bits per heavy atom. The van der Waals surface area contributed by atoms with Gasteiger partial charge >= 0.3 is 5.97 Å². The van der Waals surface area contributed by atoms with Gasteiger partial charge in [-0.1, -0.05) is 17.8 Å². The lowest BCUT2D eigenvalue weighted by Gasteiger charge is -2.11. The van der Waals surface area contributed by atoms with Gasteiger partial charge in [0.15, 0.2) is 17.5 Å². The average molecular weight is 403 g/mol. The van der Waals surface area contributed by atoms with Gasteiger partial charge in [0.25, 0.3) is 5.91 Å². The van der Waals surface area contributed by atoms with Crippen molar-refractivity contribution < 1.29 is 23.1 Å². The highest BCUT2D eigenvalue weighted by Crippen LogP contribution is 2.22. The smallest absolute Gasteiger partial charge is 0.357 e. The molecule has 144 valence electrons. The van der Waals surface area contributed by atoms with Gasteiger partial charge < -0.3 is 10.1 Å². The number of amides is 1. The van der Waals surface area contributed by atoms with E-state index in [0.717, 1.165) is 6.07 Å². The summed E-state index contributed by atoms with van der Waals surface area (Å²) in [6.07, 6.45) is 3.10. The molecule has 3 aromatic rings. The van der Waals surface area contributed by atoms with Crippen LogP contribution in [0.1, 0.15) is 10.5 Å². The van der Waals surface area contributed by atoms with Crippen molar-refractivity contribution in [1.29, 1.82) is 0 Å². The number of halogens is 2. The minimum absolute atomic E-state index is 0.0921. The van der Waals surface area contributed by atoms with Crippen molar-refractivity contribution in [2.75, 3.05) is 18.2 Å². The molecule has 0 bridgehead atoms. The van der Waals surface area contributed by atoms with Crippen LogP contribution in [0.2, 0.25) is 0 Å². The molecule has 9 heteroatoms. The number of thioether (sulfide) groups is 1. The summed E-state index contributed by atoms with van der Waals surface area (Å²) >= 11 is 1.30. The maximum absolute atomic E-state index is 13.2. The molecule has 0 saturated carbocycles. The molecule has 28 heavy (non-hydrogen) atoms. The molecule has 0 radical (unpaired) electrons. The highest BCUT2D eigenvalue weighted by molar-refractivity contribution is 7.98.